The van der Waals surface area contributed by atoms with E-state index in [0.29, 0.717) is 24.4 Å². The summed E-state index contributed by atoms with van der Waals surface area (Å²) in [5.74, 6) is 0.662. The van der Waals surface area contributed by atoms with Crippen molar-refractivity contribution in [3.8, 4) is 5.75 Å². The molecule has 0 fully saturated rings. The molecule has 2 aromatic rings. The largest absolute Gasteiger partial charge is 0.492 e. The van der Waals surface area contributed by atoms with Crippen molar-refractivity contribution in [2.75, 3.05) is 6.54 Å². The van der Waals surface area contributed by atoms with Crippen LogP contribution in [0.1, 0.15) is 44.9 Å². The van der Waals surface area contributed by atoms with Gasteiger partial charge in [-0.05, 0) is 56.4 Å². The first-order valence-electron chi connectivity index (χ1n) is 9.28. The van der Waals surface area contributed by atoms with E-state index in [0.717, 1.165) is 11.1 Å². The maximum absolute atomic E-state index is 10.1. The van der Waals surface area contributed by atoms with Crippen molar-refractivity contribution < 1.29 is 19.2 Å². The molecular formula is C21H28BNO4. The summed E-state index contributed by atoms with van der Waals surface area (Å²) in [4.78, 5) is 0. The lowest BCUT2D eigenvalue weighted by molar-refractivity contribution is -0.141. The molecule has 1 heterocycles. The average molecular weight is 369 g/mol. The Labute approximate surface area is 161 Å². The molecule has 5 nitrogen and oxygen atoms in total. The molecule has 6 heteroatoms. The average Bonchev–Trinajstić information content (AvgIpc) is 2.96. The van der Waals surface area contributed by atoms with Crippen LogP contribution < -0.4 is 15.9 Å². The van der Waals surface area contributed by atoms with Crippen LogP contribution in [0.5, 0.6) is 5.75 Å². The summed E-state index contributed by atoms with van der Waals surface area (Å²) >= 11 is 0. The van der Waals surface area contributed by atoms with Gasteiger partial charge < -0.3 is 24.9 Å². The van der Waals surface area contributed by atoms with E-state index in [9.17, 15) is 5.02 Å². The van der Waals surface area contributed by atoms with Crippen LogP contribution in [-0.4, -0.2) is 29.9 Å². The molecule has 0 bridgehead atoms. The van der Waals surface area contributed by atoms with E-state index in [1.807, 2.05) is 76.2 Å². The predicted molar refractivity (Wildman–Crippen MR) is 107 cm³/mol. The third kappa shape index (κ3) is 4.19. The number of rotatable bonds is 7. The van der Waals surface area contributed by atoms with E-state index in [-0.39, 0.29) is 6.10 Å². The molecule has 144 valence electrons. The molecule has 0 aliphatic carbocycles. The Morgan fingerprint density at radius 1 is 1.07 bits per heavy atom. The van der Waals surface area contributed by atoms with Gasteiger partial charge in [0.15, 0.2) is 0 Å². The number of fused-ring (bicyclic) bond motifs is 1. The summed E-state index contributed by atoms with van der Waals surface area (Å²) in [6, 6.07) is 15.7. The summed E-state index contributed by atoms with van der Waals surface area (Å²) in [5.41, 5.74) is 7.30. The van der Waals surface area contributed by atoms with Crippen LogP contribution in [0.4, 0.5) is 0 Å². The van der Waals surface area contributed by atoms with Crippen LogP contribution in [0, 0.1) is 0 Å². The molecule has 0 amide bonds. The summed E-state index contributed by atoms with van der Waals surface area (Å²) in [6.45, 7) is 8.88. The zero-order valence-corrected chi connectivity index (χ0v) is 16.4. The molecule has 1 aliphatic heterocycles. The molecule has 3 rings (SSSR count). The highest BCUT2D eigenvalue weighted by molar-refractivity contribution is 6.61. The highest BCUT2D eigenvalue weighted by Crippen LogP contribution is 2.33. The second kappa shape index (κ2) is 7.64. The monoisotopic (exact) mass is 369 g/mol. The molecule has 3 N–H and O–H groups in total. The third-order valence-corrected chi connectivity index (χ3v) is 5.44. The number of nitrogens with two attached hydrogens (primary N) is 1. The third-order valence-electron chi connectivity index (χ3n) is 5.44. The Kier molecular flexibility index (Phi) is 5.63. The van der Waals surface area contributed by atoms with Gasteiger partial charge in [0.05, 0.1) is 12.7 Å². The minimum absolute atomic E-state index is 0.275. The molecule has 0 saturated heterocycles. The van der Waals surface area contributed by atoms with Gasteiger partial charge in [-0.3, -0.25) is 0 Å². The topological polar surface area (TPSA) is 73.9 Å². The number of ether oxygens (including phenoxy) is 2. The standard InChI is InChI=1S/C21H28BNO4/c1-20(2,25-14-15-8-6-5-7-9-15)21(3,4)26-16-10-11-17-18(12-16)22(24)27-19(17)13-23/h5-12,19,24H,13-14,23H2,1-4H3. The minimum Gasteiger partial charge on any atom is -0.485 e. The lowest BCUT2D eigenvalue weighted by atomic mass is 9.79. The van der Waals surface area contributed by atoms with Gasteiger partial charge >= 0.3 is 7.12 Å². The zero-order chi connectivity index (χ0) is 19.7. The predicted octanol–water partition coefficient (Wildman–Crippen LogP) is 2.56. The van der Waals surface area contributed by atoms with Crippen LogP contribution in [-0.2, 0) is 16.0 Å². The Morgan fingerprint density at radius 2 is 1.78 bits per heavy atom. The van der Waals surface area contributed by atoms with Crippen LogP contribution in [0.3, 0.4) is 0 Å². The minimum atomic E-state index is -0.970. The first-order chi connectivity index (χ1) is 12.7. The smallest absolute Gasteiger partial charge is 0.485 e. The SMILES string of the molecule is CC(C)(OCc1ccccc1)C(C)(C)Oc1ccc2c(c1)B(O)OC2CN. The highest BCUT2D eigenvalue weighted by Gasteiger charge is 2.41. The van der Waals surface area contributed by atoms with Crippen molar-refractivity contribution >= 4 is 12.6 Å². The number of hydrogen-bond donors (Lipinski definition) is 2. The van der Waals surface area contributed by atoms with Crippen LogP contribution in [0.15, 0.2) is 48.5 Å². The van der Waals surface area contributed by atoms with E-state index in [2.05, 4.69) is 0 Å². The Balaban J connectivity index is 1.72. The summed E-state index contributed by atoms with van der Waals surface area (Å²) in [6.07, 6.45) is -0.275. The van der Waals surface area contributed by atoms with Crippen molar-refractivity contribution in [1.82, 2.24) is 0 Å². The van der Waals surface area contributed by atoms with E-state index in [1.165, 1.54) is 0 Å². The zero-order valence-electron chi connectivity index (χ0n) is 16.4. The van der Waals surface area contributed by atoms with Gasteiger partial charge in [-0.2, -0.15) is 0 Å². The van der Waals surface area contributed by atoms with Gasteiger partial charge in [0, 0.05) is 6.54 Å². The van der Waals surface area contributed by atoms with Crippen molar-refractivity contribution in [2.45, 2.75) is 51.6 Å². The van der Waals surface area contributed by atoms with Gasteiger partial charge in [-0.25, -0.2) is 0 Å². The fourth-order valence-corrected chi connectivity index (χ4v) is 3.04. The second-order valence-electron chi connectivity index (χ2n) is 7.90. The lowest BCUT2D eigenvalue weighted by Crippen LogP contribution is -2.51. The van der Waals surface area contributed by atoms with Crippen molar-refractivity contribution in [3.05, 3.63) is 59.7 Å². The first-order valence-corrected chi connectivity index (χ1v) is 9.28. The highest BCUT2D eigenvalue weighted by atomic mass is 16.6. The Morgan fingerprint density at radius 3 is 2.44 bits per heavy atom. The van der Waals surface area contributed by atoms with E-state index in [1.54, 1.807) is 0 Å². The molecule has 1 aliphatic rings. The van der Waals surface area contributed by atoms with Gasteiger partial charge in [0.2, 0.25) is 0 Å². The Bertz CT molecular complexity index is 779. The second-order valence-corrected chi connectivity index (χ2v) is 7.90. The van der Waals surface area contributed by atoms with Crippen LogP contribution in [0.25, 0.3) is 0 Å². The fourth-order valence-electron chi connectivity index (χ4n) is 3.04. The molecular weight excluding hydrogens is 341 g/mol. The summed E-state index contributed by atoms with van der Waals surface area (Å²) < 4.78 is 17.9. The van der Waals surface area contributed by atoms with Gasteiger partial charge in [-0.1, -0.05) is 36.4 Å². The molecule has 0 aromatic heterocycles. The molecule has 0 radical (unpaired) electrons. The molecule has 1 atom stereocenters. The molecule has 1 unspecified atom stereocenters. The quantitative estimate of drug-likeness (QED) is 0.734. The van der Waals surface area contributed by atoms with Crippen LogP contribution >= 0.6 is 0 Å². The van der Waals surface area contributed by atoms with Crippen molar-refractivity contribution in [3.63, 3.8) is 0 Å². The molecule has 27 heavy (non-hydrogen) atoms. The van der Waals surface area contributed by atoms with Crippen molar-refractivity contribution in [1.29, 1.82) is 0 Å². The molecule has 2 aromatic carbocycles. The maximum atomic E-state index is 10.1. The number of benzene rings is 2. The molecule has 0 saturated carbocycles. The van der Waals surface area contributed by atoms with Gasteiger partial charge in [-0.15, -0.1) is 0 Å². The normalized spacial score (nSPS) is 17.1. The summed E-state index contributed by atoms with van der Waals surface area (Å²) in [5, 5.41) is 10.1. The molecule has 0 spiro atoms. The lowest BCUT2D eigenvalue weighted by Gasteiger charge is -2.41. The Hall–Kier alpha value is -1.86. The van der Waals surface area contributed by atoms with E-state index < -0.39 is 18.3 Å². The summed E-state index contributed by atoms with van der Waals surface area (Å²) in [7, 11) is -0.970. The maximum Gasteiger partial charge on any atom is 0.492 e. The van der Waals surface area contributed by atoms with Gasteiger partial charge in [0.1, 0.15) is 17.0 Å². The van der Waals surface area contributed by atoms with Crippen LogP contribution in [0.2, 0.25) is 0 Å². The fraction of sp³-hybridized carbons (Fsp3) is 0.429. The number of hydrogen-bond acceptors (Lipinski definition) is 5. The first kappa shape index (κ1) is 19.9. The van der Waals surface area contributed by atoms with Crippen molar-refractivity contribution in [2.24, 2.45) is 5.73 Å². The van der Waals surface area contributed by atoms with E-state index in [4.69, 9.17) is 19.9 Å². The van der Waals surface area contributed by atoms with Gasteiger partial charge in [0.25, 0.3) is 0 Å². The van der Waals surface area contributed by atoms with E-state index >= 15 is 0 Å².